The molecule has 0 saturated carbocycles. The lowest BCUT2D eigenvalue weighted by Gasteiger charge is -2.33. The van der Waals surface area contributed by atoms with Crippen LogP contribution < -0.4 is 5.32 Å². The number of hydrogen-bond donors (Lipinski definition) is 1. The summed E-state index contributed by atoms with van der Waals surface area (Å²) < 4.78 is 0. The van der Waals surface area contributed by atoms with Crippen molar-refractivity contribution in [1.82, 2.24) is 10.2 Å². The van der Waals surface area contributed by atoms with Crippen LogP contribution in [0.4, 0.5) is 0 Å². The van der Waals surface area contributed by atoms with E-state index in [1.807, 2.05) is 49.9 Å². The van der Waals surface area contributed by atoms with Crippen molar-refractivity contribution in [2.45, 2.75) is 39.7 Å². The van der Waals surface area contributed by atoms with Crippen molar-refractivity contribution in [2.75, 3.05) is 13.1 Å². The molecule has 1 aliphatic heterocycles. The quantitative estimate of drug-likeness (QED) is 0.916. The molecule has 0 spiro atoms. The van der Waals surface area contributed by atoms with Crippen LogP contribution in [0.15, 0.2) is 24.3 Å². The third kappa shape index (κ3) is 4.71. The van der Waals surface area contributed by atoms with Crippen LogP contribution in [0.1, 0.15) is 45.2 Å². The highest BCUT2D eigenvalue weighted by Gasteiger charge is 2.28. The molecule has 5 heteroatoms. The van der Waals surface area contributed by atoms with Crippen molar-refractivity contribution in [2.24, 2.45) is 11.8 Å². The molecule has 0 radical (unpaired) electrons. The number of benzene rings is 1. The highest BCUT2D eigenvalue weighted by Crippen LogP contribution is 2.22. The van der Waals surface area contributed by atoms with Crippen LogP contribution in [-0.4, -0.2) is 29.8 Å². The third-order valence-electron chi connectivity index (χ3n) is 4.38. The lowest BCUT2D eigenvalue weighted by molar-refractivity contribution is -0.138. The fourth-order valence-electron chi connectivity index (χ4n) is 2.92. The smallest absolute Gasteiger partial charge is 0.225 e. The Morgan fingerprint density at radius 3 is 2.43 bits per heavy atom. The Labute approximate surface area is 143 Å². The molecular weight excluding hydrogens is 312 g/mol. The predicted octanol–water partition coefficient (Wildman–Crippen LogP) is 3.41. The zero-order valence-corrected chi connectivity index (χ0v) is 14.8. The first-order valence-electron chi connectivity index (χ1n) is 8.23. The van der Waals surface area contributed by atoms with Crippen LogP contribution in [0.5, 0.6) is 0 Å². The van der Waals surface area contributed by atoms with Crippen LogP contribution >= 0.6 is 11.6 Å². The van der Waals surface area contributed by atoms with Gasteiger partial charge >= 0.3 is 0 Å². The van der Waals surface area contributed by atoms with Gasteiger partial charge in [-0.15, -0.1) is 0 Å². The summed E-state index contributed by atoms with van der Waals surface area (Å²) in [6, 6.07) is 7.46. The van der Waals surface area contributed by atoms with Gasteiger partial charge in [0.2, 0.25) is 11.8 Å². The highest BCUT2D eigenvalue weighted by molar-refractivity contribution is 6.30. The molecule has 1 atom stereocenters. The Bertz CT molecular complexity index is 566. The molecule has 1 aliphatic rings. The Kier molecular flexibility index (Phi) is 6.05. The van der Waals surface area contributed by atoms with Crippen LogP contribution in [0.3, 0.4) is 0 Å². The summed E-state index contributed by atoms with van der Waals surface area (Å²) in [6.07, 6.45) is 1.46. The number of nitrogens with zero attached hydrogens (tertiary/aromatic N) is 1. The van der Waals surface area contributed by atoms with Crippen molar-refractivity contribution in [3.8, 4) is 0 Å². The molecule has 126 valence electrons. The number of carbonyl (C=O) groups is 2. The van der Waals surface area contributed by atoms with Gasteiger partial charge in [0.1, 0.15) is 0 Å². The average molecular weight is 337 g/mol. The van der Waals surface area contributed by atoms with Gasteiger partial charge in [0.05, 0.1) is 6.04 Å². The molecular formula is C18H25ClN2O2. The molecule has 1 N–H and O–H groups in total. The summed E-state index contributed by atoms with van der Waals surface area (Å²) in [5.74, 6) is 0.237. The maximum atomic E-state index is 12.4. The van der Waals surface area contributed by atoms with Crippen LogP contribution in [-0.2, 0) is 9.59 Å². The van der Waals surface area contributed by atoms with Gasteiger partial charge in [0.25, 0.3) is 0 Å². The van der Waals surface area contributed by atoms with Crippen molar-refractivity contribution in [1.29, 1.82) is 0 Å². The number of halogens is 1. The average Bonchev–Trinajstić information content (AvgIpc) is 2.54. The largest absolute Gasteiger partial charge is 0.349 e. The van der Waals surface area contributed by atoms with E-state index in [1.165, 1.54) is 0 Å². The Morgan fingerprint density at radius 1 is 1.22 bits per heavy atom. The Hall–Kier alpha value is -1.55. The van der Waals surface area contributed by atoms with Gasteiger partial charge in [-0.2, -0.15) is 0 Å². The minimum atomic E-state index is -0.0727. The normalized spacial score (nSPS) is 17.2. The lowest BCUT2D eigenvalue weighted by Crippen LogP contribution is -2.44. The van der Waals surface area contributed by atoms with E-state index in [0.29, 0.717) is 18.1 Å². The number of rotatable bonds is 4. The summed E-state index contributed by atoms with van der Waals surface area (Å²) in [5, 5.41) is 3.73. The third-order valence-corrected chi connectivity index (χ3v) is 4.61. The van der Waals surface area contributed by atoms with E-state index in [2.05, 4.69) is 5.32 Å². The minimum absolute atomic E-state index is 0.0169. The summed E-state index contributed by atoms with van der Waals surface area (Å²) >= 11 is 6.00. The second-order valence-corrected chi connectivity index (χ2v) is 6.98. The second kappa shape index (κ2) is 7.82. The summed E-state index contributed by atoms with van der Waals surface area (Å²) in [4.78, 5) is 26.3. The number of carbonyl (C=O) groups excluding carboxylic acids is 2. The number of hydrogen-bond acceptors (Lipinski definition) is 2. The molecule has 0 unspecified atom stereocenters. The summed E-state index contributed by atoms with van der Waals surface area (Å²) in [5.41, 5.74) is 0.998. The molecule has 0 aromatic heterocycles. The molecule has 23 heavy (non-hydrogen) atoms. The summed E-state index contributed by atoms with van der Waals surface area (Å²) in [6.45, 7) is 7.11. The molecule has 1 aromatic carbocycles. The summed E-state index contributed by atoms with van der Waals surface area (Å²) in [7, 11) is 0. The van der Waals surface area contributed by atoms with Gasteiger partial charge in [-0.05, 0) is 37.5 Å². The van der Waals surface area contributed by atoms with Gasteiger partial charge in [-0.1, -0.05) is 37.6 Å². The van der Waals surface area contributed by atoms with Crippen molar-refractivity contribution < 1.29 is 9.59 Å². The van der Waals surface area contributed by atoms with Gasteiger partial charge in [0, 0.05) is 29.9 Å². The monoisotopic (exact) mass is 336 g/mol. The van der Waals surface area contributed by atoms with Gasteiger partial charge in [-0.3, -0.25) is 9.59 Å². The maximum absolute atomic E-state index is 12.4. The van der Waals surface area contributed by atoms with Crippen LogP contribution in [0.25, 0.3) is 0 Å². The minimum Gasteiger partial charge on any atom is -0.349 e. The molecule has 1 saturated heterocycles. The fraction of sp³-hybridized carbons (Fsp3) is 0.556. The van der Waals surface area contributed by atoms with E-state index >= 15 is 0 Å². The number of piperidine rings is 1. The van der Waals surface area contributed by atoms with Crippen molar-refractivity contribution in [3.63, 3.8) is 0 Å². The van der Waals surface area contributed by atoms with Gasteiger partial charge < -0.3 is 10.2 Å². The number of nitrogens with one attached hydrogen (secondary N) is 1. The van der Waals surface area contributed by atoms with Crippen molar-refractivity contribution in [3.05, 3.63) is 34.9 Å². The number of likely N-dealkylation sites (tertiary alicyclic amines) is 1. The molecule has 2 rings (SSSR count). The predicted molar refractivity (Wildman–Crippen MR) is 92.2 cm³/mol. The van der Waals surface area contributed by atoms with Gasteiger partial charge in [0.15, 0.2) is 0 Å². The first-order chi connectivity index (χ1) is 10.9. The molecule has 1 heterocycles. The first-order valence-corrected chi connectivity index (χ1v) is 8.61. The molecule has 4 nitrogen and oxygen atoms in total. The lowest BCUT2D eigenvalue weighted by atomic mass is 9.94. The fourth-order valence-corrected chi connectivity index (χ4v) is 3.12. The molecule has 0 bridgehead atoms. The SMILES string of the molecule is CC(C)C(=O)N1CCC(C(=O)N[C@@H](C)c2cccc(Cl)c2)CC1. The van der Waals surface area contributed by atoms with Crippen LogP contribution in [0, 0.1) is 11.8 Å². The highest BCUT2D eigenvalue weighted by atomic mass is 35.5. The second-order valence-electron chi connectivity index (χ2n) is 6.54. The molecule has 1 aromatic rings. The molecule has 1 fully saturated rings. The van der Waals surface area contributed by atoms with E-state index in [-0.39, 0.29) is 29.7 Å². The topological polar surface area (TPSA) is 49.4 Å². The zero-order valence-electron chi connectivity index (χ0n) is 14.0. The zero-order chi connectivity index (χ0) is 17.0. The van der Waals surface area contributed by atoms with E-state index in [0.717, 1.165) is 18.4 Å². The van der Waals surface area contributed by atoms with Gasteiger partial charge in [-0.25, -0.2) is 0 Å². The Morgan fingerprint density at radius 2 is 1.87 bits per heavy atom. The van der Waals surface area contributed by atoms with Crippen LogP contribution in [0.2, 0.25) is 5.02 Å². The maximum Gasteiger partial charge on any atom is 0.225 e. The van der Waals surface area contributed by atoms with E-state index in [1.54, 1.807) is 0 Å². The van der Waals surface area contributed by atoms with E-state index in [9.17, 15) is 9.59 Å². The number of amides is 2. The van der Waals surface area contributed by atoms with E-state index in [4.69, 9.17) is 11.6 Å². The first kappa shape index (κ1) is 17.8. The standard InChI is InChI=1S/C18H25ClN2O2/c1-12(2)18(23)21-9-7-14(8-10-21)17(22)20-13(3)15-5-4-6-16(19)11-15/h4-6,11-14H,7-10H2,1-3H3,(H,20,22)/t13-/m0/s1. The molecule has 2 amide bonds. The van der Waals surface area contributed by atoms with E-state index < -0.39 is 0 Å². The Balaban J connectivity index is 1.87. The van der Waals surface area contributed by atoms with Crippen molar-refractivity contribution >= 4 is 23.4 Å². The molecule has 0 aliphatic carbocycles.